The summed E-state index contributed by atoms with van der Waals surface area (Å²) in [5.74, 6) is 0.526. The summed E-state index contributed by atoms with van der Waals surface area (Å²) in [5, 5.41) is 11.8. The number of nitro groups is 1. The van der Waals surface area contributed by atoms with Crippen molar-refractivity contribution in [3.8, 4) is 23.0 Å². The number of carbonyl (C=O) groups is 1. The Labute approximate surface area is 226 Å². The zero-order valence-corrected chi connectivity index (χ0v) is 22.2. The third kappa shape index (κ3) is 6.18. The fraction of sp³-hybridized carbons (Fsp3) is 0.194. The smallest absolute Gasteiger partial charge is 0.337 e. The Kier molecular flexibility index (Phi) is 8.46. The highest BCUT2D eigenvalue weighted by molar-refractivity contribution is 5.90. The van der Waals surface area contributed by atoms with Gasteiger partial charge >= 0.3 is 11.7 Å². The molecule has 0 amide bonds. The maximum absolute atomic E-state index is 12.2. The van der Waals surface area contributed by atoms with E-state index in [1.54, 1.807) is 0 Å². The van der Waals surface area contributed by atoms with Crippen molar-refractivity contribution >= 4 is 11.7 Å². The predicted octanol–water partition coefficient (Wildman–Crippen LogP) is 7.26. The van der Waals surface area contributed by atoms with Gasteiger partial charge in [-0.25, -0.2) is 4.79 Å². The molecule has 0 saturated carbocycles. The lowest BCUT2D eigenvalue weighted by atomic mass is 10.0. The zero-order chi connectivity index (χ0) is 27.9. The molecule has 0 aliphatic rings. The van der Waals surface area contributed by atoms with Crippen LogP contribution in [-0.4, -0.2) is 18.0 Å². The van der Waals surface area contributed by atoms with Gasteiger partial charge in [-0.3, -0.25) is 10.1 Å². The molecule has 0 aliphatic carbocycles. The van der Waals surface area contributed by atoms with Gasteiger partial charge in [-0.1, -0.05) is 60.7 Å². The van der Waals surface area contributed by atoms with E-state index >= 15 is 0 Å². The molecule has 200 valence electrons. The first-order valence-electron chi connectivity index (χ1n) is 12.3. The van der Waals surface area contributed by atoms with Crippen LogP contribution >= 0.6 is 0 Å². The molecule has 4 aromatic carbocycles. The van der Waals surface area contributed by atoms with Crippen LogP contribution in [0.4, 0.5) is 5.69 Å². The van der Waals surface area contributed by atoms with Gasteiger partial charge in [-0.05, 0) is 43.5 Å². The van der Waals surface area contributed by atoms with E-state index in [2.05, 4.69) is 0 Å². The van der Waals surface area contributed by atoms with Crippen LogP contribution in [0.5, 0.6) is 23.0 Å². The van der Waals surface area contributed by atoms with E-state index in [-0.39, 0.29) is 29.4 Å². The minimum absolute atomic E-state index is 0.117. The van der Waals surface area contributed by atoms with Gasteiger partial charge in [-0.15, -0.1) is 0 Å². The Hall–Kier alpha value is -4.85. The van der Waals surface area contributed by atoms with Crippen LogP contribution in [0.15, 0.2) is 78.9 Å². The quantitative estimate of drug-likeness (QED) is 0.122. The Morgan fingerprint density at radius 2 is 1.28 bits per heavy atom. The van der Waals surface area contributed by atoms with Gasteiger partial charge in [0.25, 0.3) is 0 Å². The minimum atomic E-state index is -0.640. The number of nitro benzene ring substituents is 1. The number of rotatable bonds is 10. The third-order valence-corrected chi connectivity index (χ3v) is 6.37. The van der Waals surface area contributed by atoms with Crippen molar-refractivity contribution in [2.24, 2.45) is 0 Å². The standard InChI is InChI=1S/C31H29NO7/c1-20-21(2)29(38-19-24-13-9-6-10-14-24)30(22(3)28(20)37-18-23-11-7-5-8-12-23)39-27-17-25(31(33)36-4)15-16-26(27)32(34)35/h5-17H,18-19H2,1-4H3. The first-order chi connectivity index (χ1) is 18.8. The Morgan fingerprint density at radius 3 is 1.82 bits per heavy atom. The van der Waals surface area contributed by atoms with Crippen molar-refractivity contribution in [2.45, 2.75) is 34.0 Å². The van der Waals surface area contributed by atoms with Gasteiger partial charge in [0.2, 0.25) is 5.75 Å². The molecular weight excluding hydrogens is 498 g/mol. The monoisotopic (exact) mass is 527 g/mol. The van der Waals surface area contributed by atoms with Crippen molar-refractivity contribution in [3.63, 3.8) is 0 Å². The van der Waals surface area contributed by atoms with Crippen molar-refractivity contribution in [2.75, 3.05) is 7.11 Å². The molecule has 0 unspecified atom stereocenters. The first kappa shape index (κ1) is 27.2. The number of nitrogens with zero attached hydrogens (tertiary/aromatic N) is 1. The molecule has 4 rings (SSSR count). The summed E-state index contributed by atoms with van der Waals surface area (Å²) in [5.41, 5.74) is 3.98. The summed E-state index contributed by atoms with van der Waals surface area (Å²) >= 11 is 0. The zero-order valence-electron chi connectivity index (χ0n) is 22.2. The number of esters is 1. The second-order valence-corrected chi connectivity index (χ2v) is 8.94. The van der Waals surface area contributed by atoms with E-state index in [0.717, 1.165) is 22.3 Å². The predicted molar refractivity (Wildman–Crippen MR) is 147 cm³/mol. The summed E-state index contributed by atoms with van der Waals surface area (Å²) < 4.78 is 23.5. The van der Waals surface area contributed by atoms with E-state index in [1.165, 1.54) is 25.3 Å². The van der Waals surface area contributed by atoms with Crippen LogP contribution in [0.1, 0.15) is 38.2 Å². The van der Waals surface area contributed by atoms with Crippen molar-refractivity contribution in [3.05, 3.63) is 122 Å². The molecule has 0 atom stereocenters. The number of hydrogen-bond donors (Lipinski definition) is 0. The lowest BCUT2D eigenvalue weighted by Crippen LogP contribution is -2.07. The van der Waals surface area contributed by atoms with Gasteiger partial charge in [0, 0.05) is 23.3 Å². The molecule has 39 heavy (non-hydrogen) atoms. The molecule has 0 spiro atoms. The second-order valence-electron chi connectivity index (χ2n) is 8.94. The molecule has 0 aromatic heterocycles. The highest BCUT2D eigenvalue weighted by Gasteiger charge is 2.26. The van der Waals surface area contributed by atoms with E-state index in [1.807, 2.05) is 81.4 Å². The topological polar surface area (TPSA) is 97.1 Å². The van der Waals surface area contributed by atoms with E-state index in [0.29, 0.717) is 23.7 Å². The second kappa shape index (κ2) is 12.1. The fourth-order valence-corrected chi connectivity index (χ4v) is 4.14. The molecule has 0 heterocycles. The first-order valence-corrected chi connectivity index (χ1v) is 12.3. The normalized spacial score (nSPS) is 10.6. The lowest BCUT2D eigenvalue weighted by molar-refractivity contribution is -0.385. The number of methoxy groups -OCH3 is 1. The average molecular weight is 528 g/mol. The van der Waals surface area contributed by atoms with Crippen LogP contribution in [0.25, 0.3) is 0 Å². The van der Waals surface area contributed by atoms with Crippen molar-refractivity contribution < 1.29 is 28.7 Å². The maximum atomic E-state index is 12.2. The van der Waals surface area contributed by atoms with Crippen LogP contribution in [0.3, 0.4) is 0 Å². The van der Waals surface area contributed by atoms with Gasteiger partial charge in [-0.2, -0.15) is 0 Å². The number of carbonyl (C=O) groups excluding carboxylic acids is 1. The molecular formula is C31H29NO7. The SMILES string of the molecule is COC(=O)c1ccc([N+](=O)[O-])c(Oc2c(C)c(OCc3ccccc3)c(C)c(C)c2OCc2ccccc2)c1. The minimum Gasteiger partial charge on any atom is -0.488 e. The highest BCUT2D eigenvalue weighted by Crippen LogP contribution is 2.47. The van der Waals surface area contributed by atoms with Crippen molar-refractivity contribution in [1.82, 2.24) is 0 Å². The van der Waals surface area contributed by atoms with Crippen LogP contribution in [0, 0.1) is 30.9 Å². The average Bonchev–Trinajstić information content (AvgIpc) is 2.96. The maximum Gasteiger partial charge on any atom is 0.337 e. The summed E-state index contributed by atoms with van der Waals surface area (Å²) in [6, 6.07) is 23.2. The molecule has 8 nitrogen and oxygen atoms in total. The molecule has 0 saturated heterocycles. The molecule has 0 fully saturated rings. The van der Waals surface area contributed by atoms with Crippen LogP contribution in [-0.2, 0) is 18.0 Å². The summed E-state index contributed by atoms with van der Waals surface area (Å²) in [6.45, 7) is 6.21. The number of ether oxygens (including phenoxy) is 4. The van der Waals surface area contributed by atoms with E-state index in [4.69, 9.17) is 18.9 Å². The molecule has 4 aromatic rings. The van der Waals surface area contributed by atoms with Gasteiger partial charge < -0.3 is 18.9 Å². The summed E-state index contributed by atoms with van der Waals surface area (Å²) in [4.78, 5) is 23.5. The Balaban J connectivity index is 1.81. The van der Waals surface area contributed by atoms with Gasteiger partial charge in [0.05, 0.1) is 17.6 Å². The summed E-state index contributed by atoms with van der Waals surface area (Å²) in [6.07, 6.45) is 0. The molecule has 0 radical (unpaired) electrons. The van der Waals surface area contributed by atoms with Crippen LogP contribution < -0.4 is 14.2 Å². The Bertz CT molecular complexity index is 1480. The largest absolute Gasteiger partial charge is 0.488 e. The lowest BCUT2D eigenvalue weighted by Gasteiger charge is -2.22. The number of hydrogen-bond acceptors (Lipinski definition) is 7. The summed E-state index contributed by atoms with van der Waals surface area (Å²) in [7, 11) is 1.24. The fourth-order valence-electron chi connectivity index (χ4n) is 4.14. The number of benzene rings is 4. The molecule has 0 bridgehead atoms. The Morgan fingerprint density at radius 1 is 0.744 bits per heavy atom. The third-order valence-electron chi connectivity index (χ3n) is 6.37. The molecule has 8 heteroatoms. The van der Waals surface area contributed by atoms with Crippen LogP contribution in [0.2, 0.25) is 0 Å². The van der Waals surface area contributed by atoms with Gasteiger partial charge in [0.15, 0.2) is 11.5 Å². The highest BCUT2D eigenvalue weighted by atomic mass is 16.6. The molecule has 0 N–H and O–H groups in total. The van der Waals surface area contributed by atoms with E-state index in [9.17, 15) is 14.9 Å². The van der Waals surface area contributed by atoms with Crippen molar-refractivity contribution in [1.29, 1.82) is 0 Å². The van der Waals surface area contributed by atoms with Gasteiger partial charge in [0.1, 0.15) is 19.0 Å². The molecule has 0 aliphatic heterocycles. The van der Waals surface area contributed by atoms with E-state index < -0.39 is 10.9 Å².